The Kier molecular flexibility index (Phi) is 6.61. The fourth-order valence-corrected chi connectivity index (χ4v) is 3.81. The molecule has 0 aromatic heterocycles. The highest BCUT2D eigenvalue weighted by Gasteiger charge is 2.30. The fourth-order valence-electron chi connectivity index (χ4n) is 3.81. The van der Waals surface area contributed by atoms with Crippen molar-refractivity contribution in [1.29, 1.82) is 0 Å². The van der Waals surface area contributed by atoms with Crippen molar-refractivity contribution in [1.82, 2.24) is 9.80 Å². The third kappa shape index (κ3) is 5.16. The Morgan fingerprint density at radius 1 is 1.04 bits per heavy atom. The molecule has 1 amide bonds. The molecule has 1 aliphatic rings. The van der Waals surface area contributed by atoms with Crippen LogP contribution in [-0.2, 0) is 4.79 Å². The first-order valence-corrected chi connectivity index (χ1v) is 9.58. The van der Waals surface area contributed by atoms with E-state index in [0.29, 0.717) is 6.54 Å². The number of carbonyl (C=O) groups excluding carboxylic acids is 1. The molecule has 0 radical (unpaired) electrons. The first-order valence-electron chi connectivity index (χ1n) is 9.58. The zero-order chi connectivity index (χ0) is 19.2. The number of β-amino-alcohol motifs (C(OH)–C–C–N with tert-alkyl or cyclic N) is 1. The van der Waals surface area contributed by atoms with Gasteiger partial charge in [0.15, 0.2) is 0 Å². The van der Waals surface area contributed by atoms with Crippen LogP contribution in [0.25, 0.3) is 0 Å². The van der Waals surface area contributed by atoms with Gasteiger partial charge in [-0.25, -0.2) is 0 Å². The summed E-state index contributed by atoms with van der Waals surface area (Å²) in [6.45, 7) is 8.28. The summed E-state index contributed by atoms with van der Waals surface area (Å²) in [6.07, 6.45) is 0. The van der Waals surface area contributed by atoms with Crippen LogP contribution in [-0.4, -0.2) is 60.1 Å². The molecule has 1 atom stereocenters. The zero-order valence-electron chi connectivity index (χ0n) is 16.2. The number of hydrogen-bond donors (Lipinski definition) is 2. The highest BCUT2D eigenvalue weighted by Crippen LogP contribution is 2.25. The molecule has 144 valence electrons. The topological polar surface area (TPSA) is 55.8 Å². The predicted octanol–water partition coefficient (Wildman–Crippen LogP) is 2.59. The number of piperazine rings is 1. The largest absolute Gasteiger partial charge is 0.395 e. The van der Waals surface area contributed by atoms with Crippen LogP contribution in [0, 0.1) is 13.8 Å². The van der Waals surface area contributed by atoms with E-state index in [0.717, 1.165) is 48.6 Å². The van der Waals surface area contributed by atoms with Crippen LogP contribution in [0.5, 0.6) is 0 Å². The molecule has 27 heavy (non-hydrogen) atoms. The van der Waals surface area contributed by atoms with Crippen molar-refractivity contribution in [2.75, 3.05) is 44.6 Å². The number of benzene rings is 2. The van der Waals surface area contributed by atoms with Crippen molar-refractivity contribution in [3.63, 3.8) is 0 Å². The second-order valence-corrected chi connectivity index (χ2v) is 7.28. The van der Waals surface area contributed by atoms with Crippen LogP contribution in [0.15, 0.2) is 48.5 Å². The Balaban J connectivity index is 1.79. The highest BCUT2D eigenvalue weighted by atomic mass is 16.3. The molecule has 1 aliphatic heterocycles. The molecule has 5 nitrogen and oxygen atoms in total. The average molecular weight is 367 g/mol. The molecular weight excluding hydrogens is 338 g/mol. The number of aliphatic hydroxyl groups excluding tert-OH is 1. The number of carbonyl (C=O) groups is 1. The van der Waals surface area contributed by atoms with E-state index in [9.17, 15) is 4.79 Å². The third-order valence-electron chi connectivity index (χ3n) is 5.04. The lowest BCUT2D eigenvalue weighted by molar-refractivity contribution is -0.122. The van der Waals surface area contributed by atoms with Gasteiger partial charge < -0.3 is 10.4 Å². The standard InChI is InChI=1S/C22H29N3O2/c1-17-14-18(2)16-20(15-17)23-22(27)21(19-6-4-3-5-7-19)25-10-8-24(9-11-25)12-13-26/h3-7,14-16,21,26H,8-13H2,1-2H3,(H,23,27). The predicted molar refractivity (Wildman–Crippen MR) is 109 cm³/mol. The maximum absolute atomic E-state index is 13.2. The minimum atomic E-state index is -0.316. The van der Waals surface area contributed by atoms with Crippen molar-refractivity contribution in [2.45, 2.75) is 19.9 Å². The summed E-state index contributed by atoms with van der Waals surface area (Å²) < 4.78 is 0. The summed E-state index contributed by atoms with van der Waals surface area (Å²) in [4.78, 5) is 17.7. The van der Waals surface area contributed by atoms with Crippen molar-refractivity contribution in [2.24, 2.45) is 0 Å². The summed E-state index contributed by atoms with van der Waals surface area (Å²) >= 11 is 0. The lowest BCUT2D eigenvalue weighted by Crippen LogP contribution is -2.50. The number of nitrogens with one attached hydrogen (secondary N) is 1. The maximum Gasteiger partial charge on any atom is 0.246 e. The minimum absolute atomic E-state index is 0.00167. The fraction of sp³-hybridized carbons (Fsp3) is 0.409. The molecule has 3 rings (SSSR count). The van der Waals surface area contributed by atoms with Gasteiger partial charge in [0.2, 0.25) is 5.91 Å². The van der Waals surface area contributed by atoms with Crippen LogP contribution < -0.4 is 5.32 Å². The summed E-state index contributed by atoms with van der Waals surface area (Å²) in [6, 6.07) is 15.8. The van der Waals surface area contributed by atoms with E-state index in [1.165, 1.54) is 0 Å². The SMILES string of the molecule is Cc1cc(C)cc(NC(=O)C(c2ccccc2)N2CCN(CCO)CC2)c1. The van der Waals surface area contributed by atoms with Crippen molar-refractivity contribution >= 4 is 11.6 Å². The first kappa shape index (κ1) is 19.5. The van der Waals surface area contributed by atoms with Gasteiger partial charge >= 0.3 is 0 Å². The number of nitrogens with zero attached hydrogens (tertiary/aromatic N) is 2. The van der Waals surface area contributed by atoms with Crippen molar-refractivity contribution in [3.05, 3.63) is 65.2 Å². The molecular formula is C22H29N3O2. The molecule has 1 fully saturated rings. The van der Waals surface area contributed by atoms with Gasteiger partial charge in [0, 0.05) is 38.4 Å². The lowest BCUT2D eigenvalue weighted by atomic mass is 10.0. The number of aliphatic hydroxyl groups is 1. The molecule has 2 aromatic rings. The zero-order valence-corrected chi connectivity index (χ0v) is 16.2. The Hall–Kier alpha value is -2.21. The Morgan fingerprint density at radius 3 is 2.26 bits per heavy atom. The second-order valence-electron chi connectivity index (χ2n) is 7.28. The molecule has 5 heteroatoms. The molecule has 0 spiro atoms. The van der Waals surface area contributed by atoms with Gasteiger partial charge in [0.1, 0.15) is 6.04 Å². The molecule has 0 aliphatic carbocycles. The van der Waals surface area contributed by atoms with E-state index < -0.39 is 0 Å². The minimum Gasteiger partial charge on any atom is -0.395 e. The van der Waals surface area contributed by atoms with E-state index >= 15 is 0 Å². The normalized spacial score (nSPS) is 16.9. The van der Waals surface area contributed by atoms with Gasteiger partial charge in [-0.3, -0.25) is 14.6 Å². The molecule has 1 heterocycles. The second kappa shape index (κ2) is 9.13. The van der Waals surface area contributed by atoms with E-state index in [4.69, 9.17) is 5.11 Å². The van der Waals surface area contributed by atoms with Crippen LogP contribution in [0.2, 0.25) is 0 Å². The summed E-state index contributed by atoms with van der Waals surface area (Å²) in [5, 5.41) is 12.3. The van der Waals surface area contributed by atoms with Crippen LogP contribution in [0.1, 0.15) is 22.7 Å². The lowest BCUT2D eigenvalue weighted by Gasteiger charge is -2.38. The molecule has 2 aromatic carbocycles. The van der Waals surface area contributed by atoms with Crippen LogP contribution >= 0.6 is 0 Å². The Labute approximate surface area is 161 Å². The quantitative estimate of drug-likeness (QED) is 0.824. The van der Waals surface area contributed by atoms with Crippen LogP contribution in [0.3, 0.4) is 0 Å². The van der Waals surface area contributed by atoms with E-state index in [1.54, 1.807) is 0 Å². The number of hydrogen-bond acceptors (Lipinski definition) is 4. The molecule has 1 saturated heterocycles. The Bertz CT molecular complexity index is 735. The van der Waals surface area contributed by atoms with E-state index in [1.807, 2.05) is 56.3 Å². The number of rotatable bonds is 6. The van der Waals surface area contributed by atoms with Gasteiger partial charge in [0.05, 0.1) is 6.61 Å². The summed E-state index contributed by atoms with van der Waals surface area (Å²) in [7, 11) is 0. The maximum atomic E-state index is 13.2. The van der Waals surface area contributed by atoms with Crippen LogP contribution in [0.4, 0.5) is 5.69 Å². The highest BCUT2D eigenvalue weighted by molar-refractivity contribution is 5.95. The van der Waals surface area contributed by atoms with Crippen molar-refractivity contribution < 1.29 is 9.90 Å². The smallest absolute Gasteiger partial charge is 0.246 e. The molecule has 0 bridgehead atoms. The summed E-state index contributed by atoms with van der Waals surface area (Å²) in [5.41, 5.74) is 4.13. The van der Waals surface area contributed by atoms with Gasteiger partial charge in [0.25, 0.3) is 0 Å². The molecule has 2 N–H and O–H groups in total. The van der Waals surface area contributed by atoms with Gasteiger partial charge in [-0.05, 0) is 42.7 Å². The van der Waals surface area contributed by atoms with Gasteiger partial charge in [-0.15, -0.1) is 0 Å². The first-order chi connectivity index (χ1) is 13.1. The average Bonchev–Trinajstić information content (AvgIpc) is 2.63. The summed E-state index contributed by atoms with van der Waals surface area (Å²) in [5.74, 6) is 0.00167. The van der Waals surface area contributed by atoms with E-state index in [2.05, 4.69) is 21.2 Å². The molecule has 0 saturated carbocycles. The number of aryl methyl sites for hydroxylation is 2. The van der Waals surface area contributed by atoms with Gasteiger partial charge in [-0.2, -0.15) is 0 Å². The Morgan fingerprint density at radius 2 is 1.67 bits per heavy atom. The van der Waals surface area contributed by atoms with E-state index in [-0.39, 0.29) is 18.6 Å². The third-order valence-corrected chi connectivity index (χ3v) is 5.04. The monoisotopic (exact) mass is 367 g/mol. The van der Waals surface area contributed by atoms with Crippen molar-refractivity contribution in [3.8, 4) is 0 Å². The number of anilines is 1. The van der Waals surface area contributed by atoms with Gasteiger partial charge in [-0.1, -0.05) is 36.4 Å². The molecule has 1 unspecified atom stereocenters. The number of amides is 1.